The number of ether oxygens (including phenoxy) is 1. The molecule has 0 spiro atoms. The molecule has 0 aromatic heterocycles. The van der Waals surface area contributed by atoms with Crippen molar-refractivity contribution in [1.29, 1.82) is 0 Å². The zero-order chi connectivity index (χ0) is 15.2. The van der Waals surface area contributed by atoms with Gasteiger partial charge in [-0.3, -0.25) is 0 Å². The first kappa shape index (κ1) is 15.8. The van der Waals surface area contributed by atoms with Crippen molar-refractivity contribution in [2.45, 2.75) is 42.9 Å². The van der Waals surface area contributed by atoms with Gasteiger partial charge in [0.2, 0.25) is 0 Å². The molecule has 2 nitrogen and oxygen atoms in total. The van der Waals surface area contributed by atoms with Gasteiger partial charge in [-0.2, -0.15) is 0 Å². The Balaban J connectivity index is 2.12. The first-order valence-corrected chi connectivity index (χ1v) is 8.21. The predicted octanol–water partition coefficient (Wildman–Crippen LogP) is 5.33. The first-order valence-electron chi connectivity index (χ1n) is 7.39. The van der Waals surface area contributed by atoms with Crippen molar-refractivity contribution in [3.63, 3.8) is 0 Å². The van der Waals surface area contributed by atoms with E-state index in [1.807, 2.05) is 18.2 Å². The van der Waals surface area contributed by atoms with Gasteiger partial charge in [0, 0.05) is 21.5 Å². The maximum Gasteiger partial charge on any atom is 0.122 e. The van der Waals surface area contributed by atoms with Gasteiger partial charge in [-0.1, -0.05) is 44.7 Å². The number of hydrogen-bond acceptors (Lipinski definition) is 3. The van der Waals surface area contributed by atoms with Crippen LogP contribution in [0.15, 0.2) is 52.3 Å². The SMILES string of the molecule is CCCOc1cc(N)cc(Sc2ccc(C(C)C)cc2)c1. The van der Waals surface area contributed by atoms with Crippen LogP contribution in [0.25, 0.3) is 0 Å². The second-order valence-corrected chi connectivity index (χ2v) is 6.56. The molecule has 2 N–H and O–H groups in total. The number of benzene rings is 2. The highest BCUT2D eigenvalue weighted by atomic mass is 32.2. The van der Waals surface area contributed by atoms with Crippen molar-refractivity contribution in [1.82, 2.24) is 0 Å². The zero-order valence-electron chi connectivity index (χ0n) is 12.9. The molecule has 0 radical (unpaired) electrons. The fraction of sp³-hybridized carbons (Fsp3) is 0.333. The van der Waals surface area contributed by atoms with E-state index in [-0.39, 0.29) is 0 Å². The molecule has 0 amide bonds. The van der Waals surface area contributed by atoms with Crippen LogP contribution < -0.4 is 10.5 Å². The van der Waals surface area contributed by atoms with Gasteiger partial charge in [-0.15, -0.1) is 0 Å². The molecular weight excluding hydrogens is 278 g/mol. The molecule has 0 atom stereocenters. The molecule has 0 fully saturated rings. The Hall–Kier alpha value is -1.61. The van der Waals surface area contributed by atoms with Gasteiger partial charge in [0.15, 0.2) is 0 Å². The van der Waals surface area contributed by atoms with Crippen molar-refractivity contribution < 1.29 is 4.74 Å². The summed E-state index contributed by atoms with van der Waals surface area (Å²) in [6.07, 6.45) is 0.994. The molecule has 0 aliphatic rings. The van der Waals surface area contributed by atoms with Gasteiger partial charge in [0.25, 0.3) is 0 Å². The number of hydrogen-bond donors (Lipinski definition) is 1. The second-order valence-electron chi connectivity index (χ2n) is 5.41. The fourth-order valence-corrected chi connectivity index (χ4v) is 2.93. The molecule has 2 aromatic carbocycles. The summed E-state index contributed by atoms with van der Waals surface area (Å²) in [7, 11) is 0. The van der Waals surface area contributed by atoms with E-state index in [9.17, 15) is 0 Å². The summed E-state index contributed by atoms with van der Waals surface area (Å²) < 4.78 is 5.67. The summed E-state index contributed by atoms with van der Waals surface area (Å²) in [5, 5.41) is 0. The van der Waals surface area contributed by atoms with Gasteiger partial charge >= 0.3 is 0 Å². The normalized spacial score (nSPS) is 10.9. The van der Waals surface area contributed by atoms with Crippen molar-refractivity contribution in [3.8, 4) is 5.75 Å². The molecule has 0 saturated heterocycles. The van der Waals surface area contributed by atoms with Gasteiger partial charge < -0.3 is 10.5 Å². The summed E-state index contributed by atoms with van der Waals surface area (Å²) in [6.45, 7) is 7.23. The van der Waals surface area contributed by atoms with E-state index in [4.69, 9.17) is 10.5 Å². The monoisotopic (exact) mass is 301 g/mol. The highest BCUT2D eigenvalue weighted by molar-refractivity contribution is 7.99. The molecule has 112 valence electrons. The van der Waals surface area contributed by atoms with Crippen LogP contribution in [0.1, 0.15) is 38.7 Å². The molecule has 2 rings (SSSR count). The molecule has 0 bridgehead atoms. The smallest absolute Gasteiger partial charge is 0.122 e. The van der Waals surface area contributed by atoms with Crippen molar-refractivity contribution in [2.24, 2.45) is 0 Å². The Bertz CT molecular complexity index is 578. The molecule has 0 heterocycles. The van der Waals surface area contributed by atoms with Gasteiger partial charge in [0.05, 0.1) is 6.61 Å². The largest absolute Gasteiger partial charge is 0.493 e. The van der Waals surface area contributed by atoms with Crippen LogP contribution in [0.4, 0.5) is 5.69 Å². The van der Waals surface area contributed by atoms with E-state index in [0.717, 1.165) is 29.4 Å². The fourth-order valence-electron chi connectivity index (χ4n) is 2.01. The molecular formula is C18H23NOS. The third kappa shape index (κ3) is 4.71. The quantitative estimate of drug-likeness (QED) is 0.732. The third-order valence-electron chi connectivity index (χ3n) is 3.16. The van der Waals surface area contributed by atoms with Crippen LogP contribution in [0.5, 0.6) is 5.75 Å². The van der Waals surface area contributed by atoms with Crippen LogP contribution >= 0.6 is 11.8 Å². The number of rotatable bonds is 6. The topological polar surface area (TPSA) is 35.2 Å². The average Bonchev–Trinajstić information content (AvgIpc) is 2.45. The van der Waals surface area contributed by atoms with Crippen molar-refractivity contribution in [2.75, 3.05) is 12.3 Å². The minimum atomic E-state index is 0.561. The third-order valence-corrected chi connectivity index (χ3v) is 4.14. The lowest BCUT2D eigenvalue weighted by atomic mass is 10.0. The summed E-state index contributed by atoms with van der Waals surface area (Å²) in [5.74, 6) is 1.41. The van der Waals surface area contributed by atoms with Crippen LogP contribution in [-0.4, -0.2) is 6.61 Å². The molecule has 2 aromatic rings. The van der Waals surface area contributed by atoms with E-state index in [1.54, 1.807) is 11.8 Å². The van der Waals surface area contributed by atoms with Crippen LogP contribution in [-0.2, 0) is 0 Å². The second kappa shape index (κ2) is 7.41. The summed E-state index contributed by atoms with van der Waals surface area (Å²) in [5.41, 5.74) is 8.06. The summed E-state index contributed by atoms with van der Waals surface area (Å²) in [4.78, 5) is 2.32. The highest BCUT2D eigenvalue weighted by Gasteiger charge is 2.04. The Morgan fingerprint density at radius 2 is 1.76 bits per heavy atom. The zero-order valence-corrected chi connectivity index (χ0v) is 13.7. The number of nitrogen functional groups attached to an aromatic ring is 1. The van der Waals surface area contributed by atoms with E-state index in [0.29, 0.717) is 5.92 Å². The van der Waals surface area contributed by atoms with E-state index < -0.39 is 0 Å². The molecule has 0 aliphatic carbocycles. The van der Waals surface area contributed by atoms with Crippen LogP contribution in [0.2, 0.25) is 0 Å². The van der Waals surface area contributed by atoms with Gasteiger partial charge in [-0.05, 0) is 42.2 Å². The Labute approximate surface area is 131 Å². The van der Waals surface area contributed by atoms with Crippen LogP contribution in [0.3, 0.4) is 0 Å². The highest BCUT2D eigenvalue weighted by Crippen LogP contribution is 2.33. The Morgan fingerprint density at radius 3 is 2.38 bits per heavy atom. The lowest BCUT2D eigenvalue weighted by Gasteiger charge is -2.10. The standard InChI is InChI=1S/C18H23NOS/c1-4-9-20-16-10-15(19)11-18(12-16)21-17-7-5-14(6-8-17)13(2)3/h5-8,10-13H,4,9,19H2,1-3H3. The van der Waals surface area contributed by atoms with Crippen molar-refractivity contribution >= 4 is 17.4 Å². The molecule has 21 heavy (non-hydrogen) atoms. The molecule has 0 saturated carbocycles. The summed E-state index contributed by atoms with van der Waals surface area (Å²) in [6, 6.07) is 14.6. The van der Waals surface area contributed by atoms with Gasteiger partial charge in [-0.25, -0.2) is 0 Å². The number of nitrogens with two attached hydrogens (primary N) is 1. The summed E-state index contributed by atoms with van der Waals surface area (Å²) >= 11 is 1.71. The first-order chi connectivity index (χ1) is 10.1. The lowest BCUT2D eigenvalue weighted by Crippen LogP contribution is -1.96. The maximum absolute atomic E-state index is 5.96. The molecule has 0 unspecified atom stereocenters. The van der Waals surface area contributed by atoms with Crippen LogP contribution in [0, 0.1) is 0 Å². The Kier molecular flexibility index (Phi) is 5.57. The van der Waals surface area contributed by atoms with E-state index >= 15 is 0 Å². The minimum absolute atomic E-state index is 0.561. The van der Waals surface area contributed by atoms with Crippen molar-refractivity contribution in [3.05, 3.63) is 48.0 Å². The lowest BCUT2D eigenvalue weighted by molar-refractivity contribution is 0.317. The molecule has 3 heteroatoms. The predicted molar refractivity (Wildman–Crippen MR) is 91.3 cm³/mol. The maximum atomic E-state index is 5.96. The number of anilines is 1. The molecule has 0 aliphatic heterocycles. The van der Waals surface area contributed by atoms with Gasteiger partial charge in [0.1, 0.15) is 5.75 Å². The van der Waals surface area contributed by atoms with E-state index in [2.05, 4.69) is 45.0 Å². The average molecular weight is 301 g/mol. The minimum Gasteiger partial charge on any atom is -0.493 e. The Morgan fingerprint density at radius 1 is 1.05 bits per heavy atom. The van der Waals surface area contributed by atoms with E-state index in [1.165, 1.54) is 10.5 Å².